The number of hydrogen-bond acceptors (Lipinski definition) is 3. The lowest BCUT2D eigenvalue weighted by atomic mass is 10.1. The summed E-state index contributed by atoms with van der Waals surface area (Å²) < 4.78 is 8.22. The lowest BCUT2D eigenvalue weighted by Gasteiger charge is -2.22. The Morgan fingerprint density at radius 1 is 0.846 bits per heavy atom. The molecule has 0 unspecified atom stereocenters. The van der Waals surface area contributed by atoms with E-state index in [1.165, 1.54) is 81.8 Å². The van der Waals surface area contributed by atoms with Crippen LogP contribution >= 0.6 is 11.3 Å². The maximum Gasteiger partial charge on any atom is 0.224 e. The Morgan fingerprint density at radius 2 is 1.51 bits per heavy atom. The molecular formula is C34H49N2O2S+. The van der Waals surface area contributed by atoms with Crippen LogP contribution in [-0.2, 0) is 17.8 Å². The maximum absolute atomic E-state index is 12.5. The summed E-state index contributed by atoms with van der Waals surface area (Å²) in [7, 11) is 0. The zero-order chi connectivity index (χ0) is 27.5. The minimum atomic E-state index is 0.0646. The Balaban J connectivity index is 1.34. The van der Waals surface area contributed by atoms with Crippen LogP contribution in [0.25, 0.3) is 0 Å². The minimum Gasteiger partial charge on any atom is -0.494 e. The van der Waals surface area contributed by atoms with Gasteiger partial charge in [-0.25, -0.2) is 0 Å². The average Bonchev–Trinajstić information content (AvgIpc) is 3.45. The third kappa shape index (κ3) is 12.4. The summed E-state index contributed by atoms with van der Waals surface area (Å²) >= 11 is 1.68. The number of carbonyl (C=O) groups is 1. The number of carbonyl (C=O) groups excluding carboxylic acids is 1. The molecule has 1 amide bonds. The molecule has 0 spiro atoms. The Bertz CT molecular complexity index is 1070. The van der Waals surface area contributed by atoms with Crippen LogP contribution in [0.2, 0.25) is 0 Å². The van der Waals surface area contributed by atoms with Crippen LogP contribution in [-0.4, -0.2) is 19.1 Å². The van der Waals surface area contributed by atoms with Crippen LogP contribution in [0.1, 0.15) is 102 Å². The standard InChI is InChI=1S/C34H49N2O2S/c1-3-4-5-6-7-8-9-10-11-12-13-14-24-38-34-20-16-17-31(27-34)21-22-36(30(2)37)33-19-15-18-32(26-33)28-35-23-25-39-29-35/h15-20,23,25-27,29H,3-14,21-22,24,28H2,1-2H3/q+1. The highest BCUT2D eigenvalue weighted by Gasteiger charge is 2.13. The van der Waals surface area contributed by atoms with E-state index in [0.717, 1.165) is 37.4 Å². The molecule has 0 bridgehead atoms. The molecule has 0 saturated heterocycles. The Morgan fingerprint density at radius 3 is 2.18 bits per heavy atom. The van der Waals surface area contributed by atoms with E-state index >= 15 is 0 Å². The molecule has 0 atom stereocenters. The quantitative estimate of drug-likeness (QED) is 0.104. The summed E-state index contributed by atoms with van der Waals surface area (Å²) in [5.74, 6) is 0.995. The molecule has 2 aromatic carbocycles. The molecule has 0 N–H and O–H groups in total. The lowest BCUT2D eigenvalue weighted by Crippen LogP contribution is -2.32. The second-order valence-corrected chi connectivity index (χ2v) is 11.4. The van der Waals surface area contributed by atoms with Gasteiger partial charge < -0.3 is 9.64 Å². The van der Waals surface area contributed by atoms with Crippen molar-refractivity contribution in [3.05, 3.63) is 76.7 Å². The number of benzene rings is 2. The first kappa shape index (κ1) is 30.9. The first-order chi connectivity index (χ1) is 19.2. The smallest absolute Gasteiger partial charge is 0.224 e. The second-order valence-electron chi connectivity index (χ2n) is 10.7. The fourth-order valence-electron chi connectivity index (χ4n) is 5.02. The maximum atomic E-state index is 12.5. The van der Waals surface area contributed by atoms with Gasteiger partial charge in [0.2, 0.25) is 11.4 Å². The molecule has 0 radical (unpaired) electrons. The van der Waals surface area contributed by atoms with Crippen molar-refractivity contribution >= 4 is 22.9 Å². The predicted octanol–water partition coefficient (Wildman–Crippen LogP) is 8.76. The number of rotatable bonds is 20. The van der Waals surface area contributed by atoms with Crippen molar-refractivity contribution in [3.63, 3.8) is 0 Å². The highest BCUT2D eigenvalue weighted by molar-refractivity contribution is 7.07. The third-order valence-electron chi connectivity index (χ3n) is 7.28. The first-order valence-corrected chi connectivity index (χ1v) is 16.1. The predicted molar refractivity (Wildman–Crippen MR) is 165 cm³/mol. The van der Waals surface area contributed by atoms with Crippen molar-refractivity contribution in [2.24, 2.45) is 0 Å². The molecule has 0 saturated carbocycles. The number of amides is 1. The topological polar surface area (TPSA) is 33.4 Å². The van der Waals surface area contributed by atoms with Crippen molar-refractivity contribution in [1.29, 1.82) is 0 Å². The SMILES string of the molecule is CCCCCCCCCCCCCCOc1cccc(CCN(C(C)=O)c2cccc(C[n+]3ccsc3)c2)c1. The summed E-state index contributed by atoms with van der Waals surface area (Å²) in [6.07, 6.45) is 19.1. The third-order valence-corrected chi connectivity index (χ3v) is 7.96. The van der Waals surface area contributed by atoms with Crippen LogP contribution < -0.4 is 14.2 Å². The molecule has 4 nitrogen and oxygen atoms in total. The number of ether oxygens (including phenoxy) is 1. The normalized spacial score (nSPS) is 11.0. The van der Waals surface area contributed by atoms with E-state index in [-0.39, 0.29) is 5.91 Å². The van der Waals surface area contributed by atoms with Crippen LogP contribution in [0.4, 0.5) is 5.69 Å². The van der Waals surface area contributed by atoms with Gasteiger partial charge in [0.1, 0.15) is 5.75 Å². The van der Waals surface area contributed by atoms with E-state index in [9.17, 15) is 4.79 Å². The molecule has 0 aliphatic heterocycles. The molecule has 0 fully saturated rings. The van der Waals surface area contributed by atoms with Crippen LogP contribution in [0.5, 0.6) is 5.75 Å². The molecule has 1 aromatic heterocycles. The molecule has 3 aromatic rings. The second kappa shape index (κ2) is 18.6. The molecular weight excluding hydrogens is 500 g/mol. The molecule has 212 valence electrons. The van der Waals surface area contributed by atoms with Gasteiger partial charge in [0.15, 0.2) is 12.7 Å². The van der Waals surface area contributed by atoms with Gasteiger partial charge in [0.25, 0.3) is 0 Å². The molecule has 0 aliphatic carbocycles. The van der Waals surface area contributed by atoms with Gasteiger partial charge in [-0.3, -0.25) is 4.79 Å². The average molecular weight is 550 g/mol. The summed E-state index contributed by atoms with van der Waals surface area (Å²) in [6.45, 7) is 6.15. The highest BCUT2D eigenvalue weighted by Crippen LogP contribution is 2.20. The zero-order valence-electron chi connectivity index (χ0n) is 24.3. The van der Waals surface area contributed by atoms with E-state index in [0.29, 0.717) is 6.54 Å². The van der Waals surface area contributed by atoms with Gasteiger partial charge in [-0.15, -0.1) is 0 Å². The highest BCUT2D eigenvalue weighted by atomic mass is 32.1. The van der Waals surface area contributed by atoms with Gasteiger partial charge in [0.05, 0.1) is 12.0 Å². The molecule has 39 heavy (non-hydrogen) atoms. The van der Waals surface area contributed by atoms with Gasteiger partial charge in [-0.1, -0.05) is 113 Å². The number of hydrogen-bond donors (Lipinski definition) is 0. The van der Waals surface area contributed by atoms with E-state index in [1.54, 1.807) is 18.3 Å². The first-order valence-electron chi connectivity index (χ1n) is 15.2. The van der Waals surface area contributed by atoms with Crippen LogP contribution in [0.15, 0.2) is 65.6 Å². The number of thiazole rings is 1. The minimum absolute atomic E-state index is 0.0646. The Labute approximate surface area is 241 Å². The fraction of sp³-hybridized carbons (Fsp3) is 0.529. The van der Waals surface area contributed by atoms with E-state index in [1.807, 2.05) is 23.1 Å². The van der Waals surface area contributed by atoms with E-state index in [2.05, 4.69) is 58.9 Å². The number of nitrogens with zero attached hydrogens (tertiary/aromatic N) is 2. The van der Waals surface area contributed by atoms with Crippen LogP contribution in [0, 0.1) is 0 Å². The van der Waals surface area contributed by atoms with Gasteiger partial charge >= 0.3 is 0 Å². The van der Waals surface area contributed by atoms with E-state index in [4.69, 9.17) is 4.74 Å². The van der Waals surface area contributed by atoms with Crippen LogP contribution in [0.3, 0.4) is 0 Å². The molecule has 3 rings (SSSR count). The summed E-state index contributed by atoms with van der Waals surface area (Å²) in [5.41, 5.74) is 5.44. The van der Waals surface area contributed by atoms with Crippen molar-refractivity contribution in [3.8, 4) is 5.75 Å². The van der Waals surface area contributed by atoms with Gasteiger partial charge in [0, 0.05) is 24.7 Å². The Kier molecular flexibility index (Phi) is 14.7. The summed E-state index contributed by atoms with van der Waals surface area (Å²) in [6, 6.07) is 16.7. The van der Waals surface area contributed by atoms with Crippen molar-refractivity contribution in [2.75, 3.05) is 18.1 Å². The van der Waals surface area contributed by atoms with Crippen molar-refractivity contribution in [2.45, 2.75) is 104 Å². The number of unbranched alkanes of at least 4 members (excludes halogenated alkanes) is 11. The lowest BCUT2D eigenvalue weighted by molar-refractivity contribution is -0.683. The molecule has 5 heteroatoms. The summed E-state index contributed by atoms with van der Waals surface area (Å²) in [4.78, 5) is 14.4. The van der Waals surface area contributed by atoms with E-state index < -0.39 is 0 Å². The zero-order valence-corrected chi connectivity index (χ0v) is 25.1. The van der Waals surface area contributed by atoms with Crippen molar-refractivity contribution in [1.82, 2.24) is 0 Å². The largest absolute Gasteiger partial charge is 0.494 e. The van der Waals surface area contributed by atoms with Gasteiger partial charge in [-0.05, 0) is 42.7 Å². The monoisotopic (exact) mass is 549 g/mol. The molecule has 1 heterocycles. The Hall–Kier alpha value is -2.66. The number of anilines is 1. The fourth-order valence-corrected chi connectivity index (χ4v) is 5.62. The summed E-state index contributed by atoms with van der Waals surface area (Å²) in [5, 5.41) is 2.07. The van der Waals surface area contributed by atoms with Gasteiger partial charge in [-0.2, -0.15) is 4.57 Å². The number of aromatic nitrogens is 1. The van der Waals surface area contributed by atoms with Crippen molar-refractivity contribution < 1.29 is 14.1 Å². The molecule has 0 aliphatic rings.